The third-order valence-corrected chi connectivity index (χ3v) is 5.91. The molecule has 2 aromatic carbocycles. The summed E-state index contributed by atoms with van der Waals surface area (Å²) in [4.78, 5) is 2.31. The van der Waals surface area contributed by atoms with Crippen molar-refractivity contribution in [3.8, 4) is 0 Å². The van der Waals surface area contributed by atoms with Gasteiger partial charge in [0, 0.05) is 18.1 Å². The molecule has 0 saturated heterocycles. The SMILES string of the molecule is CN(Cc1ccc([Si](C)(C)C)cc1)Cc1cccc(Cl)c1. The van der Waals surface area contributed by atoms with E-state index < -0.39 is 8.07 Å². The Morgan fingerprint density at radius 1 is 0.905 bits per heavy atom. The second kappa shape index (κ2) is 6.78. The highest BCUT2D eigenvalue weighted by Crippen LogP contribution is 2.13. The third-order valence-electron chi connectivity index (χ3n) is 3.61. The number of hydrogen-bond acceptors (Lipinski definition) is 1. The van der Waals surface area contributed by atoms with Crippen molar-refractivity contribution in [2.45, 2.75) is 32.7 Å². The molecule has 0 aliphatic rings. The molecule has 0 bridgehead atoms. The summed E-state index contributed by atoms with van der Waals surface area (Å²) in [6.45, 7) is 9.02. The summed E-state index contributed by atoms with van der Waals surface area (Å²) < 4.78 is 0. The summed E-state index contributed by atoms with van der Waals surface area (Å²) in [5, 5.41) is 2.32. The fraction of sp³-hybridized carbons (Fsp3) is 0.333. The van der Waals surface area contributed by atoms with E-state index in [1.807, 2.05) is 18.2 Å². The van der Waals surface area contributed by atoms with Crippen LogP contribution in [0, 0.1) is 0 Å². The largest absolute Gasteiger partial charge is 0.298 e. The lowest BCUT2D eigenvalue weighted by Crippen LogP contribution is -2.37. The average Bonchev–Trinajstić information content (AvgIpc) is 2.38. The Morgan fingerprint density at radius 3 is 2.10 bits per heavy atom. The first-order chi connectivity index (χ1) is 9.84. The van der Waals surface area contributed by atoms with Crippen LogP contribution in [0.1, 0.15) is 11.1 Å². The van der Waals surface area contributed by atoms with E-state index in [1.165, 1.54) is 16.3 Å². The molecular formula is C18H24ClNSi. The van der Waals surface area contributed by atoms with Crippen LogP contribution in [0.4, 0.5) is 0 Å². The number of hydrogen-bond donors (Lipinski definition) is 0. The van der Waals surface area contributed by atoms with Crippen LogP contribution < -0.4 is 5.19 Å². The molecule has 0 amide bonds. The maximum atomic E-state index is 6.03. The lowest BCUT2D eigenvalue weighted by atomic mass is 10.2. The first-order valence-corrected chi connectivity index (χ1v) is 11.2. The molecule has 0 heterocycles. The van der Waals surface area contributed by atoms with Gasteiger partial charge >= 0.3 is 0 Å². The van der Waals surface area contributed by atoms with E-state index in [1.54, 1.807) is 0 Å². The summed E-state index contributed by atoms with van der Waals surface area (Å²) in [5.74, 6) is 0. The molecule has 1 nitrogen and oxygen atoms in total. The lowest BCUT2D eigenvalue weighted by Gasteiger charge is -2.19. The highest BCUT2D eigenvalue weighted by Gasteiger charge is 2.15. The molecule has 2 rings (SSSR count). The predicted octanol–water partition coefficient (Wildman–Crippen LogP) is 4.52. The van der Waals surface area contributed by atoms with Crippen molar-refractivity contribution < 1.29 is 0 Å². The van der Waals surface area contributed by atoms with Crippen LogP contribution in [0.5, 0.6) is 0 Å². The maximum Gasteiger partial charge on any atom is 0.0775 e. The maximum absolute atomic E-state index is 6.03. The van der Waals surface area contributed by atoms with Gasteiger partial charge < -0.3 is 0 Å². The topological polar surface area (TPSA) is 3.24 Å². The minimum atomic E-state index is -1.19. The van der Waals surface area contributed by atoms with E-state index >= 15 is 0 Å². The number of benzene rings is 2. The van der Waals surface area contributed by atoms with Gasteiger partial charge in [-0.1, -0.05) is 72.8 Å². The van der Waals surface area contributed by atoms with Crippen LogP contribution in [0.15, 0.2) is 48.5 Å². The van der Waals surface area contributed by atoms with Crippen molar-refractivity contribution in [1.82, 2.24) is 4.90 Å². The fourth-order valence-electron chi connectivity index (χ4n) is 2.42. The molecule has 0 aromatic heterocycles. The molecule has 0 fully saturated rings. The van der Waals surface area contributed by atoms with Gasteiger partial charge in [0.1, 0.15) is 0 Å². The van der Waals surface area contributed by atoms with Gasteiger partial charge in [0.15, 0.2) is 0 Å². The van der Waals surface area contributed by atoms with E-state index in [-0.39, 0.29) is 0 Å². The Hall–Kier alpha value is -1.09. The Bertz CT molecular complexity index is 587. The Kier molecular flexibility index (Phi) is 5.25. The molecule has 0 N–H and O–H groups in total. The standard InChI is InChI=1S/C18H24ClNSi/c1-20(14-16-6-5-7-17(19)12-16)13-15-8-10-18(11-9-15)21(2,3)4/h5-12H,13-14H2,1-4H3. The molecular weight excluding hydrogens is 294 g/mol. The highest BCUT2D eigenvalue weighted by atomic mass is 35.5. The number of nitrogens with zero attached hydrogens (tertiary/aromatic N) is 1. The monoisotopic (exact) mass is 317 g/mol. The molecule has 0 saturated carbocycles. The van der Waals surface area contributed by atoms with Crippen molar-refractivity contribution in [3.63, 3.8) is 0 Å². The lowest BCUT2D eigenvalue weighted by molar-refractivity contribution is 0.319. The first-order valence-electron chi connectivity index (χ1n) is 7.37. The molecule has 0 aliphatic heterocycles. The van der Waals surface area contributed by atoms with Gasteiger partial charge in [0.05, 0.1) is 8.07 Å². The molecule has 2 aromatic rings. The van der Waals surface area contributed by atoms with E-state index in [4.69, 9.17) is 11.6 Å². The molecule has 0 atom stereocenters. The smallest absolute Gasteiger partial charge is 0.0775 e. The average molecular weight is 318 g/mol. The van der Waals surface area contributed by atoms with Crippen molar-refractivity contribution >= 4 is 24.9 Å². The summed E-state index contributed by atoms with van der Waals surface area (Å²) in [6.07, 6.45) is 0. The van der Waals surface area contributed by atoms with Gasteiger partial charge in [-0.3, -0.25) is 4.90 Å². The van der Waals surface area contributed by atoms with Gasteiger partial charge in [0.2, 0.25) is 0 Å². The zero-order valence-electron chi connectivity index (χ0n) is 13.4. The molecule has 112 valence electrons. The second-order valence-corrected chi connectivity index (χ2v) is 12.3. The van der Waals surface area contributed by atoms with Gasteiger partial charge in [-0.2, -0.15) is 0 Å². The quantitative estimate of drug-likeness (QED) is 0.733. The molecule has 21 heavy (non-hydrogen) atoms. The van der Waals surface area contributed by atoms with Crippen LogP contribution in [0.3, 0.4) is 0 Å². The Balaban J connectivity index is 1.98. The normalized spacial score (nSPS) is 11.9. The van der Waals surface area contributed by atoms with Gasteiger partial charge in [-0.15, -0.1) is 0 Å². The van der Waals surface area contributed by atoms with Crippen molar-refractivity contribution in [1.29, 1.82) is 0 Å². The fourth-order valence-corrected chi connectivity index (χ4v) is 3.80. The first kappa shape index (κ1) is 16.3. The van der Waals surface area contributed by atoms with Crippen molar-refractivity contribution in [2.75, 3.05) is 7.05 Å². The minimum Gasteiger partial charge on any atom is -0.298 e. The van der Waals surface area contributed by atoms with E-state index in [0.717, 1.165) is 18.1 Å². The zero-order chi connectivity index (χ0) is 15.5. The second-order valence-electron chi connectivity index (χ2n) is 6.75. The Labute approximate surface area is 134 Å². The van der Waals surface area contributed by atoms with E-state index in [0.29, 0.717) is 0 Å². The summed E-state index contributed by atoms with van der Waals surface area (Å²) in [7, 11) is 0.954. The van der Waals surface area contributed by atoms with Gasteiger partial charge in [0.25, 0.3) is 0 Å². The van der Waals surface area contributed by atoms with Crippen molar-refractivity contribution in [2.24, 2.45) is 0 Å². The summed E-state index contributed by atoms with van der Waals surface area (Å²) >= 11 is 6.03. The number of halogens is 1. The highest BCUT2D eigenvalue weighted by molar-refractivity contribution is 6.88. The van der Waals surface area contributed by atoms with E-state index in [9.17, 15) is 0 Å². The summed E-state index contributed by atoms with van der Waals surface area (Å²) in [5.41, 5.74) is 2.62. The van der Waals surface area contributed by atoms with Crippen LogP contribution in [0.25, 0.3) is 0 Å². The van der Waals surface area contributed by atoms with E-state index in [2.05, 4.69) is 61.9 Å². The Morgan fingerprint density at radius 2 is 1.52 bits per heavy atom. The van der Waals surface area contributed by atoms with Gasteiger partial charge in [-0.05, 0) is 30.3 Å². The summed E-state index contributed by atoms with van der Waals surface area (Å²) in [6, 6.07) is 17.2. The zero-order valence-corrected chi connectivity index (χ0v) is 15.1. The molecule has 0 spiro atoms. The van der Waals surface area contributed by atoms with Crippen LogP contribution >= 0.6 is 11.6 Å². The molecule has 3 heteroatoms. The predicted molar refractivity (Wildman–Crippen MR) is 96.0 cm³/mol. The third kappa shape index (κ3) is 4.99. The molecule has 0 radical (unpaired) electrons. The minimum absolute atomic E-state index is 0.806. The van der Waals surface area contributed by atoms with Gasteiger partial charge in [-0.25, -0.2) is 0 Å². The molecule has 0 unspecified atom stereocenters. The van der Waals surface area contributed by atoms with Crippen LogP contribution in [0.2, 0.25) is 24.7 Å². The van der Waals surface area contributed by atoms with Crippen LogP contribution in [-0.4, -0.2) is 20.0 Å². The molecule has 0 aliphatic carbocycles. The van der Waals surface area contributed by atoms with Crippen molar-refractivity contribution in [3.05, 3.63) is 64.7 Å². The number of rotatable bonds is 5. The van der Waals surface area contributed by atoms with Crippen LogP contribution in [-0.2, 0) is 13.1 Å².